The lowest BCUT2D eigenvalue weighted by atomic mass is 9.80. The van der Waals surface area contributed by atoms with Gasteiger partial charge in [0.25, 0.3) is 22.9 Å². The molecule has 0 bridgehead atoms. The number of rotatable bonds is 22. The zero-order valence-electron chi connectivity index (χ0n) is 35.4. The third-order valence-electron chi connectivity index (χ3n) is 13.7. The summed E-state index contributed by atoms with van der Waals surface area (Å²) in [6.07, 6.45) is 20.5. The molecule has 0 unspecified atom stereocenters. The summed E-state index contributed by atoms with van der Waals surface area (Å²) >= 11 is 0. The first-order valence-electron chi connectivity index (χ1n) is 23.1. The molecule has 0 N–H and O–H groups in total. The Bertz CT molecular complexity index is 2670. The predicted octanol–water partition coefficient (Wildman–Crippen LogP) is 13.8. The average Bonchev–Trinajstić information content (AvgIpc) is 3.50. The second kappa shape index (κ2) is 17.3. The SMILES string of the molecule is CCCCCCC(CCCCCC)N1C(=O)c2ccc3c4cccc5ccc6c7c(=O)n(C(CCCCCC)CCCCCC)c(=O)c7c7cc(c2c3c7c6c54)C1=O. The Balaban J connectivity index is 1.39. The highest BCUT2D eigenvalue weighted by Gasteiger charge is 2.39. The molecule has 0 atom stereocenters. The van der Waals surface area contributed by atoms with Crippen LogP contribution in [0, 0.1) is 0 Å². The molecule has 1 aromatic heterocycles. The Hall–Kier alpha value is -4.58. The van der Waals surface area contributed by atoms with Crippen LogP contribution in [0.1, 0.15) is 183 Å². The third kappa shape index (κ3) is 6.72. The van der Waals surface area contributed by atoms with Crippen LogP contribution in [-0.2, 0) is 0 Å². The number of unbranched alkanes of at least 4 members (excludes halogenated alkanes) is 12. The molecule has 1 aliphatic heterocycles. The summed E-state index contributed by atoms with van der Waals surface area (Å²) in [6, 6.07) is 16.0. The van der Waals surface area contributed by atoms with E-state index in [1.807, 2.05) is 18.2 Å². The molecule has 0 fully saturated rings. The Morgan fingerprint density at radius 1 is 0.414 bits per heavy atom. The predicted molar refractivity (Wildman–Crippen MR) is 244 cm³/mol. The lowest BCUT2D eigenvalue weighted by molar-refractivity contribution is 0.0517. The largest absolute Gasteiger partial charge is 0.271 e. The minimum atomic E-state index is -0.267. The highest BCUT2D eigenvalue weighted by Crippen LogP contribution is 2.50. The molecule has 8 rings (SSSR count). The molecule has 6 aromatic carbocycles. The Kier molecular flexibility index (Phi) is 12.0. The number of fused-ring (bicyclic) bond motifs is 4. The van der Waals surface area contributed by atoms with E-state index in [1.165, 1.54) is 0 Å². The van der Waals surface area contributed by atoms with Crippen LogP contribution in [0.5, 0.6) is 0 Å². The Morgan fingerprint density at radius 3 is 1.48 bits per heavy atom. The maximum absolute atomic E-state index is 15.2. The fourth-order valence-corrected chi connectivity index (χ4v) is 10.8. The van der Waals surface area contributed by atoms with Crippen LogP contribution in [0.4, 0.5) is 0 Å². The monoisotopic (exact) mass is 778 g/mol. The standard InChI is InChI=1S/C52H62N2O4/c1-5-9-13-17-23-34(24-18-14-10-6-2)53-49(55)39-31-30-37-36-27-21-22-33-28-29-38-45(42(33)36)46-40(32-41(50(53)56)43(39)44(37)46)48-47(38)51(57)54(52(48)58)35(25-19-15-11-7-3)26-20-16-12-8-4/h21-22,27-32,34-35H,5-20,23-26H2,1-4H3. The van der Waals surface area contributed by atoms with Gasteiger partial charge in [-0.05, 0) is 86.3 Å². The van der Waals surface area contributed by atoms with Gasteiger partial charge in [0.1, 0.15) is 0 Å². The van der Waals surface area contributed by atoms with Crippen molar-refractivity contribution in [3.63, 3.8) is 0 Å². The van der Waals surface area contributed by atoms with Gasteiger partial charge in [0.05, 0.1) is 10.8 Å². The molecule has 6 heteroatoms. The summed E-state index contributed by atoms with van der Waals surface area (Å²) in [6.45, 7) is 8.81. The number of hydrogen-bond donors (Lipinski definition) is 0. The van der Waals surface area contributed by atoms with Crippen molar-refractivity contribution >= 4 is 76.4 Å². The van der Waals surface area contributed by atoms with E-state index in [0.29, 0.717) is 32.7 Å². The topological polar surface area (TPSA) is 76.5 Å². The van der Waals surface area contributed by atoms with E-state index >= 15 is 14.4 Å². The van der Waals surface area contributed by atoms with Gasteiger partial charge in [-0.3, -0.25) is 28.6 Å². The molecular formula is C52H62N2O4. The van der Waals surface area contributed by atoms with Gasteiger partial charge in [-0.1, -0.05) is 167 Å². The van der Waals surface area contributed by atoms with Crippen molar-refractivity contribution in [2.75, 3.05) is 0 Å². The average molecular weight is 779 g/mol. The number of carbonyl (C=O) groups is 2. The minimum absolute atomic E-state index is 0.177. The van der Waals surface area contributed by atoms with E-state index in [9.17, 15) is 4.79 Å². The molecule has 304 valence electrons. The van der Waals surface area contributed by atoms with E-state index in [-0.39, 0.29) is 35.0 Å². The lowest BCUT2D eigenvalue weighted by Crippen LogP contribution is -2.47. The van der Waals surface area contributed by atoms with Crippen molar-refractivity contribution in [1.82, 2.24) is 9.47 Å². The van der Waals surface area contributed by atoms with E-state index < -0.39 is 0 Å². The zero-order valence-corrected chi connectivity index (χ0v) is 35.4. The normalized spacial score (nSPS) is 13.7. The van der Waals surface area contributed by atoms with Gasteiger partial charge in [-0.2, -0.15) is 0 Å². The van der Waals surface area contributed by atoms with Crippen LogP contribution in [0.15, 0.2) is 58.1 Å². The van der Waals surface area contributed by atoms with Gasteiger partial charge in [0, 0.05) is 28.6 Å². The second-order valence-corrected chi connectivity index (χ2v) is 17.6. The summed E-state index contributed by atoms with van der Waals surface area (Å²) in [7, 11) is 0. The van der Waals surface area contributed by atoms with Crippen LogP contribution in [0.3, 0.4) is 0 Å². The van der Waals surface area contributed by atoms with Gasteiger partial charge >= 0.3 is 0 Å². The van der Waals surface area contributed by atoms with Gasteiger partial charge < -0.3 is 0 Å². The molecule has 0 radical (unpaired) electrons. The van der Waals surface area contributed by atoms with Gasteiger partial charge in [0.2, 0.25) is 0 Å². The molecule has 0 saturated carbocycles. The second-order valence-electron chi connectivity index (χ2n) is 17.6. The van der Waals surface area contributed by atoms with Crippen molar-refractivity contribution in [3.8, 4) is 0 Å². The summed E-state index contributed by atoms with van der Waals surface area (Å²) in [5.41, 5.74) is 0.603. The fourth-order valence-electron chi connectivity index (χ4n) is 10.8. The molecule has 7 aromatic rings. The van der Waals surface area contributed by atoms with Crippen molar-refractivity contribution < 1.29 is 9.59 Å². The zero-order chi connectivity index (χ0) is 40.5. The van der Waals surface area contributed by atoms with Crippen LogP contribution in [0.25, 0.3) is 64.6 Å². The Morgan fingerprint density at radius 2 is 0.897 bits per heavy atom. The highest BCUT2D eigenvalue weighted by molar-refractivity contribution is 6.47. The highest BCUT2D eigenvalue weighted by atomic mass is 16.2. The summed E-state index contributed by atoms with van der Waals surface area (Å²) < 4.78 is 1.61. The first-order chi connectivity index (χ1) is 28.4. The summed E-state index contributed by atoms with van der Waals surface area (Å²) in [4.78, 5) is 61.8. The number of benzene rings is 6. The maximum atomic E-state index is 15.2. The van der Waals surface area contributed by atoms with E-state index in [1.54, 1.807) is 9.47 Å². The van der Waals surface area contributed by atoms with E-state index in [2.05, 4.69) is 58.0 Å². The van der Waals surface area contributed by atoms with Crippen LogP contribution >= 0.6 is 0 Å². The molecule has 0 aliphatic carbocycles. The number of nitrogens with zero attached hydrogens (tertiary/aromatic N) is 2. The van der Waals surface area contributed by atoms with Gasteiger partial charge in [-0.25, -0.2) is 0 Å². The van der Waals surface area contributed by atoms with Gasteiger partial charge in [0.15, 0.2) is 0 Å². The van der Waals surface area contributed by atoms with Crippen molar-refractivity contribution in [1.29, 1.82) is 0 Å². The first kappa shape index (κ1) is 40.2. The summed E-state index contributed by atoms with van der Waals surface area (Å²) in [5.74, 6) is -0.475. The lowest BCUT2D eigenvalue weighted by Gasteiger charge is -2.35. The summed E-state index contributed by atoms with van der Waals surface area (Å²) in [5, 5.41) is 9.91. The van der Waals surface area contributed by atoms with Crippen LogP contribution in [0.2, 0.25) is 0 Å². The Labute approximate surface area is 343 Å². The third-order valence-corrected chi connectivity index (χ3v) is 13.7. The quantitative estimate of drug-likeness (QED) is 0.0297. The van der Waals surface area contributed by atoms with Crippen molar-refractivity contribution in [2.24, 2.45) is 0 Å². The molecular weight excluding hydrogens is 717 g/mol. The molecule has 58 heavy (non-hydrogen) atoms. The smallest absolute Gasteiger partial charge is 0.262 e. The number of amides is 2. The van der Waals surface area contributed by atoms with Gasteiger partial charge in [-0.15, -0.1) is 0 Å². The first-order valence-corrected chi connectivity index (χ1v) is 23.1. The van der Waals surface area contributed by atoms with Crippen molar-refractivity contribution in [3.05, 3.63) is 80.4 Å². The number of carbonyl (C=O) groups excluding carboxylic acids is 2. The van der Waals surface area contributed by atoms with Crippen molar-refractivity contribution in [2.45, 2.75) is 168 Å². The fraction of sp³-hybridized carbons (Fsp3) is 0.500. The molecule has 0 saturated heterocycles. The number of hydrogen-bond acceptors (Lipinski definition) is 4. The number of aromatic nitrogens is 1. The van der Waals surface area contributed by atoms with Crippen LogP contribution in [-0.4, -0.2) is 27.3 Å². The van der Waals surface area contributed by atoms with E-state index in [0.717, 1.165) is 172 Å². The molecule has 1 aliphatic rings. The van der Waals surface area contributed by atoms with E-state index in [4.69, 9.17) is 0 Å². The molecule has 2 heterocycles. The molecule has 2 amide bonds. The number of imide groups is 1. The molecule has 0 spiro atoms. The maximum Gasteiger partial charge on any atom is 0.262 e. The molecule has 6 nitrogen and oxygen atoms in total. The van der Waals surface area contributed by atoms with Crippen LogP contribution < -0.4 is 11.1 Å². The minimum Gasteiger partial charge on any atom is -0.271 e.